The Morgan fingerprint density at radius 3 is 2.07 bits per heavy atom. The van der Waals surface area contributed by atoms with Gasteiger partial charge in [0.05, 0.1) is 0 Å². The van der Waals surface area contributed by atoms with Crippen LogP contribution >= 0.6 is 0 Å². The summed E-state index contributed by atoms with van der Waals surface area (Å²) in [5, 5.41) is 2.50. The Labute approximate surface area is 159 Å². The molecule has 0 fully saturated rings. The molecular weight excluding hydrogens is 344 g/mol. The van der Waals surface area contributed by atoms with Gasteiger partial charge in [-0.3, -0.25) is 14.4 Å². The third-order valence-corrected chi connectivity index (χ3v) is 4.12. The van der Waals surface area contributed by atoms with Gasteiger partial charge in [0.25, 0.3) is 11.8 Å². The maximum atomic E-state index is 12.1. The van der Waals surface area contributed by atoms with Crippen LogP contribution in [0.4, 0.5) is 0 Å². The van der Waals surface area contributed by atoms with Crippen LogP contribution in [0.15, 0.2) is 54.6 Å². The molecule has 2 aromatic rings. The molecule has 0 aliphatic carbocycles. The summed E-state index contributed by atoms with van der Waals surface area (Å²) >= 11 is 0. The number of rotatable bonds is 8. The van der Waals surface area contributed by atoms with Crippen LogP contribution in [0.3, 0.4) is 0 Å². The van der Waals surface area contributed by atoms with Crippen LogP contribution in [0.2, 0.25) is 0 Å². The first-order chi connectivity index (χ1) is 13.0. The van der Waals surface area contributed by atoms with E-state index in [1.54, 1.807) is 17.0 Å². The van der Waals surface area contributed by atoms with Crippen LogP contribution in [-0.2, 0) is 14.3 Å². The highest BCUT2D eigenvalue weighted by Gasteiger charge is 2.14. The Morgan fingerprint density at radius 2 is 1.48 bits per heavy atom. The molecule has 2 amide bonds. The quantitative estimate of drug-likeness (QED) is 0.727. The van der Waals surface area contributed by atoms with Crippen molar-refractivity contribution >= 4 is 17.8 Å². The molecule has 0 saturated carbocycles. The second-order valence-corrected chi connectivity index (χ2v) is 5.85. The van der Waals surface area contributed by atoms with Gasteiger partial charge in [0, 0.05) is 18.7 Å². The van der Waals surface area contributed by atoms with Crippen molar-refractivity contribution in [3.05, 3.63) is 60.2 Å². The Morgan fingerprint density at radius 1 is 0.889 bits per heavy atom. The molecule has 0 spiro atoms. The normalized spacial score (nSPS) is 10.1. The Kier molecular flexibility index (Phi) is 7.55. The van der Waals surface area contributed by atoms with Crippen LogP contribution in [0, 0.1) is 0 Å². The summed E-state index contributed by atoms with van der Waals surface area (Å²) in [6.07, 6.45) is 0. The molecule has 1 N–H and O–H groups in total. The summed E-state index contributed by atoms with van der Waals surface area (Å²) < 4.78 is 4.91. The van der Waals surface area contributed by atoms with E-state index in [9.17, 15) is 14.4 Å². The van der Waals surface area contributed by atoms with Gasteiger partial charge in [0.15, 0.2) is 6.61 Å². The number of likely N-dealkylation sites (N-methyl/N-ethyl adjacent to an activating group) is 1. The van der Waals surface area contributed by atoms with Gasteiger partial charge >= 0.3 is 5.97 Å². The number of esters is 1. The number of hydrogen-bond acceptors (Lipinski definition) is 4. The zero-order chi connectivity index (χ0) is 19.6. The summed E-state index contributed by atoms with van der Waals surface area (Å²) in [6.45, 7) is 4.22. The lowest BCUT2D eigenvalue weighted by Crippen LogP contribution is -2.36. The van der Waals surface area contributed by atoms with Gasteiger partial charge < -0.3 is 15.0 Å². The van der Waals surface area contributed by atoms with Crippen LogP contribution < -0.4 is 5.32 Å². The average molecular weight is 368 g/mol. The van der Waals surface area contributed by atoms with Crippen molar-refractivity contribution in [2.45, 2.75) is 13.8 Å². The van der Waals surface area contributed by atoms with Crippen molar-refractivity contribution < 1.29 is 19.1 Å². The smallest absolute Gasteiger partial charge is 0.325 e. The van der Waals surface area contributed by atoms with Crippen LogP contribution in [0.5, 0.6) is 0 Å². The lowest BCUT2D eigenvalue weighted by Gasteiger charge is -2.18. The highest BCUT2D eigenvalue weighted by atomic mass is 16.5. The lowest BCUT2D eigenvalue weighted by molar-refractivity contribution is -0.151. The molecule has 0 aromatic heterocycles. The number of carbonyl (C=O) groups is 3. The van der Waals surface area contributed by atoms with Crippen molar-refractivity contribution in [3.8, 4) is 11.1 Å². The highest BCUT2D eigenvalue weighted by molar-refractivity contribution is 5.96. The first-order valence-electron chi connectivity index (χ1n) is 8.92. The van der Waals surface area contributed by atoms with Crippen molar-refractivity contribution in [3.63, 3.8) is 0 Å². The molecular formula is C21H24N2O4. The van der Waals surface area contributed by atoms with E-state index in [0.717, 1.165) is 11.1 Å². The first-order valence-corrected chi connectivity index (χ1v) is 8.92. The summed E-state index contributed by atoms with van der Waals surface area (Å²) in [7, 11) is 0. The minimum atomic E-state index is -0.648. The number of nitrogens with one attached hydrogen (secondary N) is 1. The van der Waals surface area contributed by atoms with E-state index in [4.69, 9.17) is 4.74 Å². The Bertz CT molecular complexity index is 769. The molecule has 27 heavy (non-hydrogen) atoms. The van der Waals surface area contributed by atoms with Crippen LogP contribution in [-0.4, -0.2) is 48.9 Å². The SMILES string of the molecule is CCN(CC)C(=O)COC(=O)CNC(=O)c1ccc(-c2ccccc2)cc1. The monoisotopic (exact) mass is 368 g/mol. The Hall–Kier alpha value is -3.15. The molecule has 0 unspecified atom stereocenters. The number of benzene rings is 2. The van der Waals surface area contributed by atoms with Gasteiger partial charge in [-0.05, 0) is 37.1 Å². The fourth-order valence-electron chi connectivity index (χ4n) is 2.56. The summed E-state index contributed by atoms with van der Waals surface area (Å²) in [4.78, 5) is 37.2. The highest BCUT2D eigenvalue weighted by Crippen LogP contribution is 2.19. The molecule has 0 bridgehead atoms. The third-order valence-electron chi connectivity index (χ3n) is 4.12. The zero-order valence-electron chi connectivity index (χ0n) is 15.6. The van der Waals surface area contributed by atoms with Gasteiger partial charge in [-0.1, -0.05) is 42.5 Å². The van der Waals surface area contributed by atoms with Crippen molar-refractivity contribution in [1.29, 1.82) is 0 Å². The second-order valence-electron chi connectivity index (χ2n) is 5.85. The fourth-order valence-corrected chi connectivity index (χ4v) is 2.56. The molecule has 6 nitrogen and oxygen atoms in total. The molecule has 142 valence electrons. The minimum Gasteiger partial charge on any atom is -0.454 e. The minimum absolute atomic E-state index is 0.254. The number of ether oxygens (including phenoxy) is 1. The van der Waals surface area contributed by atoms with Crippen molar-refractivity contribution in [1.82, 2.24) is 10.2 Å². The van der Waals surface area contributed by atoms with Gasteiger partial charge in [0.1, 0.15) is 6.54 Å². The van der Waals surface area contributed by atoms with Gasteiger partial charge in [-0.15, -0.1) is 0 Å². The van der Waals surface area contributed by atoms with Crippen molar-refractivity contribution in [2.24, 2.45) is 0 Å². The molecule has 0 aliphatic heterocycles. The molecule has 0 atom stereocenters. The topological polar surface area (TPSA) is 75.7 Å². The van der Waals surface area contributed by atoms with E-state index < -0.39 is 5.97 Å². The third kappa shape index (κ3) is 5.95. The van der Waals surface area contributed by atoms with Gasteiger partial charge in [0.2, 0.25) is 0 Å². The maximum absolute atomic E-state index is 12.1. The maximum Gasteiger partial charge on any atom is 0.325 e. The number of carbonyl (C=O) groups excluding carboxylic acids is 3. The van der Waals surface area contributed by atoms with Gasteiger partial charge in [-0.25, -0.2) is 0 Å². The summed E-state index contributed by atoms with van der Waals surface area (Å²) in [5.74, 6) is -1.28. The summed E-state index contributed by atoms with van der Waals surface area (Å²) in [5.41, 5.74) is 2.51. The molecule has 0 radical (unpaired) electrons. The predicted molar refractivity (Wildman–Crippen MR) is 103 cm³/mol. The molecule has 2 rings (SSSR count). The first kappa shape index (κ1) is 20.2. The van der Waals surface area contributed by atoms with Gasteiger partial charge in [-0.2, -0.15) is 0 Å². The average Bonchev–Trinajstić information content (AvgIpc) is 2.72. The van der Waals surface area contributed by atoms with E-state index in [0.29, 0.717) is 18.7 Å². The molecule has 2 aromatic carbocycles. The molecule has 6 heteroatoms. The van der Waals surface area contributed by atoms with E-state index in [1.165, 1.54) is 0 Å². The number of amides is 2. The fraction of sp³-hybridized carbons (Fsp3) is 0.286. The van der Waals surface area contributed by atoms with E-state index in [2.05, 4.69) is 5.32 Å². The number of hydrogen-bond donors (Lipinski definition) is 1. The molecule has 0 saturated heterocycles. The molecule has 0 aliphatic rings. The van der Waals surface area contributed by atoms with E-state index >= 15 is 0 Å². The largest absolute Gasteiger partial charge is 0.454 e. The van der Waals surface area contributed by atoms with E-state index in [1.807, 2.05) is 56.3 Å². The molecule has 0 heterocycles. The lowest BCUT2D eigenvalue weighted by atomic mass is 10.0. The standard InChI is InChI=1S/C21H24N2O4/c1-3-23(4-2)19(24)15-27-20(25)14-22-21(26)18-12-10-17(11-13-18)16-8-6-5-7-9-16/h5-13H,3-4,14-15H2,1-2H3,(H,22,26). The Balaban J connectivity index is 1.81. The van der Waals surface area contributed by atoms with Crippen molar-refractivity contribution in [2.75, 3.05) is 26.2 Å². The zero-order valence-corrected chi connectivity index (χ0v) is 15.6. The number of nitrogens with zero attached hydrogens (tertiary/aromatic N) is 1. The van der Waals surface area contributed by atoms with Crippen LogP contribution in [0.1, 0.15) is 24.2 Å². The predicted octanol–water partition coefficient (Wildman–Crippen LogP) is 2.50. The van der Waals surface area contributed by atoms with Crippen LogP contribution in [0.25, 0.3) is 11.1 Å². The van der Waals surface area contributed by atoms with E-state index in [-0.39, 0.29) is 25.0 Å². The summed E-state index contributed by atoms with van der Waals surface area (Å²) in [6, 6.07) is 16.9. The second kappa shape index (κ2) is 10.1.